The number of amides is 1. The van der Waals surface area contributed by atoms with E-state index in [0.717, 1.165) is 6.42 Å². The van der Waals surface area contributed by atoms with E-state index >= 15 is 0 Å². The van der Waals surface area contributed by atoms with Crippen LogP contribution in [-0.4, -0.2) is 24.7 Å². The highest BCUT2D eigenvalue weighted by atomic mass is 16.6. The van der Waals surface area contributed by atoms with Crippen molar-refractivity contribution in [3.05, 3.63) is 11.8 Å². The van der Waals surface area contributed by atoms with Gasteiger partial charge in [-0.15, -0.1) is 0 Å². The van der Waals surface area contributed by atoms with Crippen molar-refractivity contribution in [2.45, 2.75) is 27.2 Å². The lowest BCUT2D eigenvalue weighted by Gasteiger charge is -2.22. The fraction of sp³-hybridized carbons (Fsp3) is 0.636. The molecule has 0 spiro atoms. The van der Waals surface area contributed by atoms with Crippen LogP contribution in [0.4, 0.5) is 0 Å². The fourth-order valence-corrected chi connectivity index (χ4v) is 0.997. The highest BCUT2D eigenvalue weighted by molar-refractivity contribution is 5.92. The smallest absolute Gasteiger partial charge is 0.311 e. The second kappa shape index (κ2) is 5.01. The number of nitrogens with zero attached hydrogens (tertiary/aromatic N) is 1. The van der Waals surface area contributed by atoms with Gasteiger partial charge in [-0.3, -0.25) is 4.79 Å². The Bertz CT molecular complexity index is 358. The van der Waals surface area contributed by atoms with Crippen molar-refractivity contribution in [2.24, 2.45) is 5.41 Å². The van der Waals surface area contributed by atoms with Crippen LogP contribution < -0.4 is 10.1 Å². The van der Waals surface area contributed by atoms with Gasteiger partial charge in [0.25, 0.3) is 5.91 Å². The first-order valence-corrected chi connectivity index (χ1v) is 5.27. The lowest BCUT2D eigenvalue weighted by atomic mass is 9.90. The number of carbonyl (C=O) groups excluding carboxylic acids is 1. The van der Waals surface area contributed by atoms with E-state index < -0.39 is 0 Å². The SMILES string of the molecule is CCC(C)(C)CNC(=O)c1cc(OC)on1. The van der Waals surface area contributed by atoms with Crippen LogP contribution in [0, 0.1) is 5.41 Å². The molecule has 0 aliphatic heterocycles. The van der Waals surface area contributed by atoms with Crippen LogP contribution in [0.3, 0.4) is 0 Å². The molecule has 1 aromatic rings. The van der Waals surface area contributed by atoms with E-state index in [1.165, 1.54) is 13.2 Å². The summed E-state index contributed by atoms with van der Waals surface area (Å²) in [5.74, 6) is -0.00604. The van der Waals surface area contributed by atoms with Gasteiger partial charge in [0.15, 0.2) is 5.69 Å². The number of methoxy groups -OCH3 is 1. The van der Waals surface area contributed by atoms with Gasteiger partial charge in [0, 0.05) is 6.54 Å². The average molecular weight is 226 g/mol. The Morgan fingerprint density at radius 2 is 2.31 bits per heavy atom. The molecular weight excluding hydrogens is 208 g/mol. The largest absolute Gasteiger partial charge is 0.467 e. The molecule has 1 N–H and O–H groups in total. The molecule has 1 rings (SSSR count). The van der Waals surface area contributed by atoms with Crippen LogP contribution in [0.2, 0.25) is 0 Å². The quantitative estimate of drug-likeness (QED) is 0.832. The van der Waals surface area contributed by atoms with Crippen molar-refractivity contribution >= 4 is 5.91 Å². The van der Waals surface area contributed by atoms with Crippen molar-refractivity contribution in [1.29, 1.82) is 0 Å². The summed E-state index contributed by atoms with van der Waals surface area (Å²) in [7, 11) is 1.46. The molecule has 0 aliphatic rings. The molecule has 5 heteroatoms. The Kier molecular flexibility index (Phi) is 3.93. The number of nitrogens with one attached hydrogen (secondary N) is 1. The molecule has 0 aromatic carbocycles. The molecule has 0 bridgehead atoms. The maximum Gasteiger partial charge on any atom is 0.311 e. The minimum Gasteiger partial charge on any atom is -0.467 e. The first-order valence-electron chi connectivity index (χ1n) is 5.27. The van der Waals surface area contributed by atoms with Gasteiger partial charge >= 0.3 is 5.95 Å². The molecule has 16 heavy (non-hydrogen) atoms. The van der Waals surface area contributed by atoms with Gasteiger partial charge in [0.1, 0.15) is 0 Å². The lowest BCUT2D eigenvalue weighted by Crippen LogP contribution is -2.33. The third kappa shape index (κ3) is 3.25. The number of hydrogen-bond donors (Lipinski definition) is 1. The zero-order valence-electron chi connectivity index (χ0n) is 10.2. The van der Waals surface area contributed by atoms with Crippen LogP contribution in [0.25, 0.3) is 0 Å². The Morgan fingerprint density at radius 3 is 2.81 bits per heavy atom. The van der Waals surface area contributed by atoms with Gasteiger partial charge in [-0.25, -0.2) is 0 Å². The molecule has 0 unspecified atom stereocenters. The molecule has 5 nitrogen and oxygen atoms in total. The fourth-order valence-electron chi connectivity index (χ4n) is 0.997. The van der Waals surface area contributed by atoms with Gasteiger partial charge in [-0.1, -0.05) is 25.9 Å². The predicted octanol–water partition coefficient (Wildman–Crippen LogP) is 1.85. The summed E-state index contributed by atoms with van der Waals surface area (Å²) in [6.07, 6.45) is 0.995. The van der Waals surface area contributed by atoms with Crippen molar-refractivity contribution < 1.29 is 14.1 Å². The zero-order chi connectivity index (χ0) is 12.2. The maximum absolute atomic E-state index is 11.6. The molecule has 0 radical (unpaired) electrons. The van der Waals surface area contributed by atoms with E-state index in [2.05, 4.69) is 31.2 Å². The summed E-state index contributed by atoms with van der Waals surface area (Å²) in [6.45, 7) is 6.89. The monoisotopic (exact) mass is 226 g/mol. The molecular formula is C11H18N2O3. The Hall–Kier alpha value is -1.52. The number of aromatic nitrogens is 1. The third-order valence-electron chi connectivity index (χ3n) is 2.61. The molecule has 0 atom stereocenters. The molecule has 0 aliphatic carbocycles. The average Bonchev–Trinajstić information content (AvgIpc) is 2.74. The first kappa shape index (κ1) is 12.5. The van der Waals surface area contributed by atoms with E-state index in [9.17, 15) is 4.79 Å². The van der Waals surface area contributed by atoms with E-state index in [1.807, 2.05) is 0 Å². The predicted molar refractivity (Wildman–Crippen MR) is 59.5 cm³/mol. The van der Waals surface area contributed by atoms with E-state index in [0.29, 0.717) is 6.54 Å². The van der Waals surface area contributed by atoms with Gasteiger partial charge in [0.05, 0.1) is 13.2 Å². The van der Waals surface area contributed by atoms with E-state index in [4.69, 9.17) is 9.26 Å². The van der Waals surface area contributed by atoms with Crippen molar-refractivity contribution in [2.75, 3.05) is 13.7 Å². The third-order valence-corrected chi connectivity index (χ3v) is 2.61. The summed E-state index contributed by atoms with van der Waals surface area (Å²) in [6, 6.07) is 1.47. The summed E-state index contributed by atoms with van der Waals surface area (Å²) >= 11 is 0. The molecule has 1 amide bonds. The molecule has 0 fully saturated rings. The van der Waals surface area contributed by atoms with E-state index in [-0.39, 0.29) is 23.0 Å². The standard InChI is InChI=1S/C11H18N2O3/c1-5-11(2,3)7-12-10(14)8-6-9(15-4)16-13-8/h6H,5,7H2,1-4H3,(H,12,14). The van der Waals surface area contributed by atoms with Crippen LogP contribution in [-0.2, 0) is 0 Å². The summed E-state index contributed by atoms with van der Waals surface area (Å²) in [5, 5.41) is 6.41. The van der Waals surface area contributed by atoms with Gasteiger partial charge < -0.3 is 14.6 Å². The van der Waals surface area contributed by atoms with Crippen LogP contribution in [0.5, 0.6) is 5.95 Å². The van der Waals surface area contributed by atoms with Crippen LogP contribution in [0.1, 0.15) is 37.7 Å². The van der Waals surface area contributed by atoms with Gasteiger partial charge in [-0.05, 0) is 11.8 Å². The molecule has 0 saturated carbocycles. The molecule has 0 saturated heterocycles. The Balaban J connectivity index is 2.53. The van der Waals surface area contributed by atoms with Crippen LogP contribution in [0.15, 0.2) is 10.6 Å². The Labute approximate surface area is 95.1 Å². The normalized spacial score (nSPS) is 11.2. The first-order chi connectivity index (χ1) is 7.48. The van der Waals surface area contributed by atoms with Crippen LogP contribution >= 0.6 is 0 Å². The Morgan fingerprint density at radius 1 is 1.62 bits per heavy atom. The highest BCUT2D eigenvalue weighted by Gasteiger charge is 2.18. The second-order valence-corrected chi connectivity index (χ2v) is 4.44. The van der Waals surface area contributed by atoms with Crippen molar-refractivity contribution in [1.82, 2.24) is 10.5 Å². The number of hydrogen-bond acceptors (Lipinski definition) is 4. The molecule has 1 heterocycles. The number of carbonyl (C=O) groups is 1. The van der Waals surface area contributed by atoms with Gasteiger partial charge in [0.2, 0.25) is 0 Å². The van der Waals surface area contributed by atoms with Crippen molar-refractivity contribution in [3.63, 3.8) is 0 Å². The second-order valence-electron chi connectivity index (χ2n) is 4.44. The van der Waals surface area contributed by atoms with Crippen molar-refractivity contribution in [3.8, 4) is 5.95 Å². The minimum absolute atomic E-state index is 0.0868. The highest BCUT2D eigenvalue weighted by Crippen LogP contribution is 2.18. The molecule has 90 valence electrons. The topological polar surface area (TPSA) is 64.4 Å². The molecule has 1 aromatic heterocycles. The van der Waals surface area contributed by atoms with E-state index in [1.54, 1.807) is 0 Å². The lowest BCUT2D eigenvalue weighted by molar-refractivity contribution is 0.0926. The van der Waals surface area contributed by atoms with Gasteiger partial charge in [-0.2, -0.15) is 0 Å². The summed E-state index contributed by atoms with van der Waals surface area (Å²) in [4.78, 5) is 11.6. The summed E-state index contributed by atoms with van der Waals surface area (Å²) in [5.41, 5.74) is 0.326. The summed E-state index contributed by atoms with van der Waals surface area (Å²) < 4.78 is 9.56. The minimum atomic E-state index is -0.242. The maximum atomic E-state index is 11.6. The number of rotatable bonds is 5. The number of ether oxygens (including phenoxy) is 1. The zero-order valence-corrected chi connectivity index (χ0v) is 10.2.